The van der Waals surface area contributed by atoms with E-state index in [9.17, 15) is 4.79 Å². The highest BCUT2D eigenvalue weighted by molar-refractivity contribution is 5.91. The van der Waals surface area contributed by atoms with Crippen LogP contribution in [0.3, 0.4) is 0 Å². The van der Waals surface area contributed by atoms with Crippen molar-refractivity contribution in [2.45, 2.75) is 51.4 Å². The van der Waals surface area contributed by atoms with Gasteiger partial charge in [-0.05, 0) is 12.8 Å². The third-order valence-electron chi connectivity index (χ3n) is 3.95. The van der Waals surface area contributed by atoms with Crippen molar-refractivity contribution in [2.75, 3.05) is 11.9 Å². The van der Waals surface area contributed by atoms with E-state index in [-0.39, 0.29) is 24.2 Å². The van der Waals surface area contributed by atoms with E-state index in [1.165, 1.54) is 38.5 Å². The molecule has 4 N–H and O–H groups in total. The lowest BCUT2D eigenvalue weighted by Crippen LogP contribution is -2.26. The predicted octanol–water partition coefficient (Wildman–Crippen LogP) is 2.80. The number of aromatic nitrogens is 2. The van der Waals surface area contributed by atoms with Crippen LogP contribution in [0.4, 0.5) is 5.82 Å². The molecule has 1 aromatic heterocycles. The highest BCUT2D eigenvalue weighted by Crippen LogP contribution is 2.31. The van der Waals surface area contributed by atoms with Crippen molar-refractivity contribution < 1.29 is 4.79 Å². The first-order valence-electron chi connectivity index (χ1n) is 7.27. The number of nitrogens with two attached hydrogens (primary N) is 1. The van der Waals surface area contributed by atoms with Gasteiger partial charge in [0.25, 0.3) is 0 Å². The van der Waals surface area contributed by atoms with Crippen LogP contribution in [-0.4, -0.2) is 22.6 Å². The van der Waals surface area contributed by atoms with Gasteiger partial charge in [-0.15, -0.1) is 12.4 Å². The van der Waals surface area contributed by atoms with Crippen LogP contribution in [0.15, 0.2) is 6.07 Å². The molecule has 2 rings (SSSR count). The van der Waals surface area contributed by atoms with Gasteiger partial charge >= 0.3 is 0 Å². The van der Waals surface area contributed by atoms with Gasteiger partial charge in [0.15, 0.2) is 5.82 Å². The molecule has 114 valence electrons. The lowest BCUT2D eigenvalue weighted by molar-refractivity contribution is -0.119. The second-order valence-electron chi connectivity index (χ2n) is 5.52. The van der Waals surface area contributed by atoms with Crippen LogP contribution in [0.1, 0.15) is 57.1 Å². The van der Waals surface area contributed by atoms with Gasteiger partial charge in [-0.2, -0.15) is 5.10 Å². The van der Waals surface area contributed by atoms with Crippen molar-refractivity contribution in [3.8, 4) is 0 Å². The van der Waals surface area contributed by atoms with E-state index < -0.39 is 0 Å². The van der Waals surface area contributed by atoms with Gasteiger partial charge in [-0.1, -0.05) is 32.6 Å². The van der Waals surface area contributed by atoms with Crippen molar-refractivity contribution in [1.29, 1.82) is 0 Å². The minimum absolute atomic E-state index is 0. The first-order chi connectivity index (χ1) is 9.20. The molecular formula is C14H25ClN4O. The van der Waals surface area contributed by atoms with Gasteiger partial charge in [0.2, 0.25) is 5.91 Å². The van der Waals surface area contributed by atoms with E-state index in [2.05, 4.69) is 15.5 Å². The summed E-state index contributed by atoms with van der Waals surface area (Å²) in [7, 11) is 0. The predicted molar refractivity (Wildman–Crippen MR) is 83.1 cm³/mol. The summed E-state index contributed by atoms with van der Waals surface area (Å²) in [5.41, 5.74) is 6.63. The first kappa shape index (κ1) is 17.0. The molecular weight excluding hydrogens is 276 g/mol. The fourth-order valence-electron chi connectivity index (χ4n) is 2.56. The molecule has 1 fully saturated rings. The Balaban J connectivity index is 0.00000200. The molecule has 20 heavy (non-hydrogen) atoms. The minimum atomic E-state index is -0.182. The molecule has 1 aliphatic rings. The van der Waals surface area contributed by atoms with Crippen molar-refractivity contribution >= 4 is 24.1 Å². The molecule has 1 amide bonds. The molecule has 1 heterocycles. The number of nitrogens with one attached hydrogen (secondary N) is 2. The molecule has 5 nitrogen and oxygen atoms in total. The number of anilines is 1. The van der Waals surface area contributed by atoms with E-state index >= 15 is 0 Å². The first-order valence-corrected chi connectivity index (χ1v) is 7.27. The fraction of sp³-hybridized carbons (Fsp3) is 0.714. The summed E-state index contributed by atoms with van der Waals surface area (Å²) in [6.07, 6.45) is 7.68. The number of carbonyl (C=O) groups excluding carboxylic acids is 1. The molecule has 1 unspecified atom stereocenters. The third-order valence-corrected chi connectivity index (χ3v) is 3.95. The highest BCUT2D eigenvalue weighted by atomic mass is 35.5. The normalized spacial score (nSPS) is 17.9. The Bertz CT molecular complexity index is 413. The number of amides is 1. The Morgan fingerprint density at radius 1 is 1.45 bits per heavy atom. The van der Waals surface area contributed by atoms with Crippen LogP contribution in [0.25, 0.3) is 0 Å². The van der Waals surface area contributed by atoms with Gasteiger partial charge in [0.1, 0.15) is 0 Å². The maximum Gasteiger partial charge on any atom is 0.229 e. The summed E-state index contributed by atoms with van der Waals surface area (Å²) < 4.78 is 0. The number of hydrogen-bond acceptors (Lipinski definition) is 3. The standard InChI is InChI=1S/C14H24N4O.ClH/c1-10(9-15)14(19)16-13-8-12(17-18-13)11-6-4-2-3-5-7-11;/h8,10-11H,2-7,9,15H2,1H3,(H2,16,17,18,19);1H. The smallest absolute Gasteiger partial charge is 0.229 e. The summed E-state index contributed by atoms with van der Waals surface area (Å²) in [4.78, 5) is 11.7. The summed E-state index contributed by atoms with van der Waals surface area (Å²) in [6, 6.07) is 1.97. The lowest BCUT2D eigenvalue weighted by Gasteiger charge is -2.10. The van der Waals surface area contributed by atoms with Gasteiger partial charge < -0.3 is 11.1 Å². The highest BCUT2D eigenvalue weighted by Gasteiger charge is 2.18. The van der Waals surface area contributed by atoms with Gasteiger partial charge in [-0.25, -0.2) is 0 Å². The third kappa shape index (κ3) is 4.49. The van der Waals surface area contributed by atoms with Crippen LogP contribution in [0.5, 0.6) is 0 Å². The summed E-state index contributed by atoms with van der Waals surface area (Å²) in [5.74, 6) is 0.927. The van der Waals surface area contributed by atoms with Gasteiger partial charge in [-0.3, -0.25) is 9.89 Å². The van der Waals surface area contributed by atoms with E-state index in [1.807, 2.05) is 13.0 Å². The minimum Gasteiger partial charge on any atom is -0.330 e. The van der Waals surface area contributed by atoms with Crippen LogP contribution < -0.4 is 11.1 Å². The Hall–Kier alpha value is -1.07. The Kier molecular flexibility index (Phi) is 7.02. The zero-order valence-corrected chi connectivity index (χ0v) is 12.8. The molecule has 0 aliphatic heterocycles. The molecule has 1 aliphatic carbocycles. The number of halogens is 1. The largest absolute Gasteiger partial charge is 0.330 e. The summed E-state index contributed by atoms with van der Waals surface area (Å²) in [5, 5.41) is 10.1. The molecule has 1 atom stereocenters. The zero-order valence-electron chi connectivity index (χ0n) is 12.0. The SMILES string of the molecule is CC(CN)C(=O)Nc1cc(C2CCCCCC2)[nH]n1.Cl. The van der Waals surface area contributed by atoms with E-state index in [4.69, 9.17) is 5.73 Å². The van der Waals surface area contributed by atoms with Crippen molar-refractivity contribution in [3.05, 3.63) is 11.8 Å². The van der Waals surface area contributed by atoms with E-state index in [0.29, 0.717) is 18.3 Å². The number of aromatic amines is 1. The van der Waals surface area contributed by atoms with E-state index in [0.717, 1.165) is 5.69 Å². The molecule has 1 saturated carbocycles. The fourth-order valence-corrected chi connectivity index (χ4v) is 2.56. The number of hydrogen-bond donors (Lipinski definition) is 3. The average Bonchev–Trinajstić information content (AvgIpc) is 2.71. The second-order valence-corrected chi connectivity index (χ2v) is 5.52. The molecule has 0 spiro atoms. The van der Waals surface area contributed by atoms with Crippen LogP contribution in [0.2, 0.25) is 0 Å². The van der Waals surface area contributed by atoms with Crippen molar-refractivity contribution in [1.82, 2.24) is 10.2 Å². The Morgan fingerprint density at radius 3 is 2.70 bits per heavy atom. The Labute approximate surface area is 126 Å². The average molecular weight is 301 g/mol. The summed E-state index contributed by atoms with van der Waals surface area (Å²) in [6.45, 7) is 2.17. The number of carbonyl (C=O) groups is 1. The molecule has 0 bridgehead atoms. The Morgan fingerprint density at radius 2 is 2.10 bits per heavy atom. The van der Waals surface area contributed by atoms with Crippen molar-refractivity contribution in [3.63, 3.8) is 0 Å². The second kappa shape index (κ2) is 8.27. The number of nitrogens with zero attached hydrogens (tertiary/aromatic N) is 1. The van der Waals surface area contributed by atoms with Gasteiger partial charge in [0, 0.05) is 30.1 Å². The molecule has 0 aromatic carbocycles. The lowest BCUT2D eigenvalue weighted by atomic mass is 9.97. The number of H-pyrrole nitrogens is 1. The van der Waals surface area contributed by atoms with E-state index in [1.54, 1.807) is 0 Å². The van der Waals surface area contributed by atoms with Crippen molar-refractivity contribution in [2.24, 2.45) is 11.7 Å². The van der Waals surface area contributed by atoms with Gasteiger partial charge in [0.05, 0.1) is 0 Å². The monoisotopic (exact) mass is 300 g/mol. The molecule has 6 heteroatoms. The molecule has 1 aromatic rings. The quantitative estimate of drug-likeness (QED) is 0.748. The topological polar surface area (TPSA) is 83.8 Å². The maximum atomic E-state index is 11.7. The van der Waals surface area contributed by atoms with Crippen LogP contribution in [-0.2, 0) is 4.79 Å². The van der Waals surface area contributed by atoms with Crippen LogP contribution in [0, 0.1) is 5.92 Å². The summed E-state index contributed by atoms with van der Waals surface area (Å²) >= 11 is 0. The number of rotatable bonds is 4. The van der Waals surface area contributed by atoms with Crippen LogP contribution >= 0.6 is 12.4 Å². The maximum absolute atomic E-state index is 11.7. The molecule has 0 radical (unpaired) electrons. The molecule has 0 saturated heterocycles. The zero-order chi connectivity index (χ0) is 13.7.